The molecule has 4 heterocycles. The number of pyridine rings is 2. The van der Waals surface area contributed by atoms with Crippen LogP contribution in [-0.2, 0) is 27.4 Å². The third kappa shape index (κ3) is 8.03. The van der Waals surface area contributed by atoms with E-state index in [1.165, 1.54) is 0 Å². The Morgan fingerprint density at radius 3 is 2.00 bits per heavy atom. The molecule has 2 fully saturated rings. The van der Waals surface area contributed by atoms with Gasteiger partial charge in [0.1, 0.15) is 24.7 Å². The molecule has 2 aliphatic heterocycles. The number of nitrogens with zero attached hydrogens (tertiary/aromatic N) is 4. The molecule has 0 radical (unpaired) electrons. The van der Waals surface area contributed by atoms with Crippen molar-refractivity contribution in [2.75, 3.05) is 37.1 Å². The first-order chi connectivity index (χ1) is 25.0. The van der Waals surface area contributed by atoms with Gasteiger partial charge >= 0.3 is 0 Å². The molecule has 7 rings (SSSR count). The lowest BCUT2D eigenvalue weighted by Gasteiger charge is -2.37. The van der Waals surface area contributed by atoms with E-state index >= 15 is 0 Å². The van der Waals surface area contributed by atoms with Crippen LogP contribution in [-0.4, -0.2) is 61.7 Å². The SMILES string of the molecule is COC(OC)C1CCC(OC2CCN(c3ccc4c(n3)C(C)N(c3ccc(OCc5ccccc5)nc3OCc3ccccc3)C4=O)CC2)CC1. The van der Waals surface area contributed by atoms with Gasteiger partial charge in [-0.1, -0.05) is 60.7 Å². The Bertz CT molecular complexity index is 1740. The number of aromatic nitrogens is 2. The summed E-state index contributed by atoms with van der Waals surface area (Å²) in [5.74, 6) is 1.97. The summed E-state index contributed by atoms with van der Waals surface area (Å²) in [5.41, 5.74) is 3.98. The first kappa shape index (κ1) is 34.9. The lowest BCUT2D eigenvalue weighted by atomic mass is 9.86. The summed E-state index contributed by atoms with van der Waals surface area (Å²) in [6.45, 7) is 4.41. The summed E-state index contributed by atoms with van der Waals surface area (Å²) < 4.78 is 29.9. The van der Waals surface area contributed by atoms with E-state index in [2.05, 4.69) is 4.90 Å². The van der Waals surface area contributed by atoms with Gasteiger partial charge in [0, 0.05) is 39.3 Å². The fraction of sp³-hybridized carbons (Fsp3) is 0.439. The number of benzene rings is 2. The molecule has 1 saturated heterocycles. The highest BCUT2D eigenvalue weighted by Crippen LogP contribution is 2.42. The van der Waals surface area contributed by atoms with E-state index in [1.54, 1.807) is 25.2 Å². The van der Waals surface area contributed by atoms with E-state index in [-0.39, 0.29) is 24.3 Å². The van der Waals surface area contributed by atoms with Crippen molar-refractivity contribution in [2.45, 2.75) is 83.2 Å². The van der Waals surface area contributed by atoms with E-state index < -0.39 is 0 Å². The van der Waals surface area contributed by atoms with Gasteiger partial charge in [-0.2, -0.15) is 4.98 Å². The number of amides is 1. The predicted octanol–water partition coefficient (Wildman–Crippen LogP) is 7.52. The Labute approximate surface area is 300 Å². The molecule has 1 saturated carbocycles. The van der Waals surface area contributed by atoms with Gasteiger partial charge in [-0.25, -0.2) is 4.98 Å². The van der Waals surface area contributed by atoms with Crippen LogP contribution in [0.4, 0.5) is 11.5 Å². The molecule has 2 aromatic heterocycles. The lowest BCUT2D eigenvalue weighted by Crippen LogP contribution is -2.40. The zero-order valence-electron chi connectivity index (χ0n) is 29.8. The minimum atomic E-state index is -0.309. The van der Waals surface area contributed by atoms with Crippen LogP contribution in [0.1, 0.15) is 78.7 Å². The van der Waals surface area contributed by atoms with Crippen LogP contribution in [0, 0.1) is 5.92 Å². The molecule has 0 N–H and O–H groups in total. The van der Waals surface area contributed by atoms with E-state index in [9.17, 15) is 4.79 Å². The van der Waals surface area contributed by atoms with Crippen molar-refractivity contribution in [3.05, 3.63) is 107 Å². The van der Waals surface area contributed by atoms with Crippen molar-refractivity contribution in [3.8, 4) is 11.8 Å². The molecular weight excluding hydrogens is 644 g/mol. The van der Waals surface area contributed by atoms with Crippen molar-refractivity contribution in [2.24, 2.45) is 5.92 Å². The molecule has 1 atom stereocenters. The van der Waals surface area contributed by atoms with E-state index in [0.29, 0.717) is 48.2 Å². The standard InChI is InChI=1S/C41H48N4O6/c1-28-38-34(18-20-36(42-38)44-24-22-33(23-25-44)51-32-16-14-31(15-17-32)41(47-2)48-3)40(46)45(28)35-19-21-37(49-26-29-10-6-4-7-11-29)43-39(35)50-27-30-12-8-5-9-13-30/h4-13,18-21,28,31-33,41H,14-17,22-27H2,1-3H3. The van der Waals surface area contributed by atoms with Gasteiger partial charge in [-0.15, -0.1) is 0 Å². The molecule has 10 heteroatoms. The van der Waals surface area contributed by atoms with Crippen molar-refractivity contribution >= 4 is 17.4 Å². The molecule has 268 valence electrons. The molecule has 2 aromatic carbocycles. The van der Waals surface area contributed by atoms with Crippen LogP contribution in [0.2, 0.25) is 0 Å². The highest BCUT2D eigenvalue weighted by atomic mass is 16.7. The molecule has 1 unspecified atom stereocenters. The van der Waals surface area contributed by atoms with Crippen molar-refractivity contribution < 1.29 is 28.5 Å². The Kier molecular flexibility index (Phi) is 11.1. The fourth-order valence-corrected chi connectivity index (χ4v) is 7.60. The summed E-state index contributed by atoms with van der Waals surface area (Å²) in [7, 11) is 3.43. The van der Waals surface area contributed by atoms with Crippen molar-refractivity contribution in [1.82, 2.24) is 9.97 Å². The van der Waals surface area contributed by atoms with Gasteiger partial charge < -0.3 is 28.6 Å². The van der Waals surface area contributed by atoms with Gasteiger partial charge in [0.25, 0.3) is 5.91 Å². The predicted molar refractivity (Wildman–Crippen MR) is 195 cm³/mol. The van der Waals surface area contributed by atoms with Crippen molar-refractivity contribution in [1.29, 1.82) is 0 Å². The minimum Gasteiger partial charge on any atom is -0.473 e. The number of hydrogen-bond donors (Lipinski definition) is 0. The maximum absolute atomic E-state index is 14.0. The van der Waals surface area contributed by atoms with Crippen LogP contribution in [0.15, 0.2) is 84.9 Å². The summed E-state index contributed by atoms with van der Waals surface area (Å²) >= 11 is 0. The smallest absolute Gasteiger partial charge is 0.260 e. The largest absolute Gasteiger partial charge is 0.473 e. The summed E-state index contributed by atoms with van der Waals surface area (Å²) in [4.78, 5) is 27.9. The number of piperidine rings is 1. The van der Waals surface area contributed by atoms with E-state index in [4.69, 9.17) is 33.7 Å². The Hall–Kier alpha value is -4.51. The second kappa shape index (κ2) is 16.2. The van der Waals surface area contributed by atoms with Gasteiger partial charge in [-0.05, 0) is 74.8 Å². The fourth-order valence-electron chi connectivity index (χ4n) is 7.60. The molecule has 3 aliphatic rings. The van der Waals surface area contributed by atoms with Gasteiger partial charge in [0.05, 0.1) is 29.5 Å². The Morgan fingerprint density at radius 2 is 1.35 bits per heavy atom. The molecule has 4 aromatic rings. The molecule has 0 spiro atoms. The average molecular weight is 693 g/mol. The molecule has 1 aliphatic carbocycles. The molecule has 1 amide bonds. The molecule has 51 heavy (non-hydrogen) atoms. The first-order valence-corrected chi connectivity index (χ1v) is 18.2. The van der Waals surface area contributed by atoms with Gasteiger partial charge in [-0.3, -0.25) is 9.69 Å². The third-order valence-electron chi connectivity index (χ3n) is 10.4. The number of rotatable bonds is 13. The number of ether oxygens (including phenoxy) is 5. The highest BCUT2D eigenvalue weighted by Gasteiger charge is 2.39. The van der Waals surface area contributed by atoms with Crippen LogP contribution in [0.5, 0.6) is 11.8 Å². The Morgan fingerprint density at radius 1 is 0.725 bits per heavy atom. The van der Waals surface area contributed by atoms with Crippen molar-refractivity contribution in [3.63, 3.8) is 0 Å². The number of hydrogen-bond acceptors (Lipinski definition) is 9. The second-order valence-electron chi connectivity index (χ2n) is 13.7. The maximum atomic E-state index is 14.0. The van der Waals surface area contributed by atoms with Gasteiger partial charge in [0.15, 0.2) is 6.29 Å². The van der Waals surface area contributed by atoms with Crippen LogP contribution in [0.25, 0.3) is 0 Å². The zero-order valence-corrected chi connectivity index (χ0v) is 29.8. The molecule has 10 nitrogen and oxygen atoms in total. The first-order valence-electron chi connectivity index (χ1n) is 18.2. The van der Waals surface area contributed by atoms with E-state index in [1.807, 2.05) is 85.8 Å². The average Bonchev–Trinajstić information content (AvgIpc) is 3.43. The highest BCUT2D eigenvalue weighted by molar-refractivity contribution is 6.11. The number of fused-ring (bicyclic) bond motifs is 1. The molecule has 0 bridgehead atoms. The number of carbonyl (C=O) groups excluding carboxylic acids is 1. The van der Waals surface area contributed by atoms with Crippen LogP contribution in [0.3, 0.4) is 0 Å². The molecular formula is C41H48N4O6. The maximum Gasteiger partial charge on any atom is 0.260 e. The summed E-state index contributed by atoms with van der Waals surface area (Å²) in [5, 5.41) is 0. The second-order valence-corrected chi connectivity index (χ2v) is 13.7. The van der Waals surface area contributed by atoms with Crippen LogP contribution < -0.4 is 19.3 Å². The number of methoxy groups -OCH3 is 2. The third-order valence-corrected chi connectivity index (χ3v) is 10.4. The van der Waals surface area contributed by atoms with Crippen LogP contribution >= 0.6 is 0 Å². The zero-order chi connectivity index (χ0) is 35.2. The quantitative estimate of drug-likeness (QED) is 0.132. The number of carbonyl (C=O) groups is 1. The monoisotopic (exact) mass is 692 g/mol. The van der Waals surface area contributed by atoms with E-state index in [0.717, 1.165) is 74.3 Å². The minimum absolute atomic E-state index is 0.120. The topological polar surface area (TPSA) is 95.5 Å². The lowest BCUT2D eigenvalue weighted by molar-refractivity contribution is -0.153. The Balaban J connectivity index is 1.02. The summed E-state index contributed by atoms with van der Waals surface area (Å²) in [6, 6.07) is 27.1. The van der Waals surface area contributed by atoms with Gasteiger partial charge in [0.2, 0.25) is 11.8 Å². The number of anilines is 2. The normalized spacial score (nSPS) is 20.9. The summed E-state index contributed by atoms with van der Waals surface area (Å²) in [6.07, 6.45) is 6.52.